The molecule has 2 aromatic rings. The smallest absolute Gasteiger partial charge is 0.253 e. The van der Waals surface area contributed by atoms with E-state index >= 15 is 0 Å². The summed E-state index contributed by atoms with van der Waals surface area (Å²) >= 11 is 0. The van der Waals surface area contributed by atoms with Crippen LogP contribution in [0, 0.1) is 6.92 Å². The molecule has 0 aliphatic carbocycles. The maximum Gasteiger partial charge on any atom is 0.253 e. The van der Waals surface area contributed by atoms with Crippen molar-refractivity contribution in [2.45, 2.75) is 25.8 Å². The number of amides is 1. The first-order chi connectivity index (χ1) is 10.9. The number of benzene rings is 1. The third-order valence-corrected chi connectivity index (χ3v) is 5.85. The monoisotopic (exact) mass is 334 g/mol. The molecule has 1 aromatic carbocycles. The number of sulfone groups is 1. The molecule has 7 heteroatoms. The summed E-state index contributed by atoms with van der Waals surface area (Å²) in [5, 5.41) is 3.35. The topological polar surface area (TPSA) is 96.1 Å². The second-order valence-electron chi connectivity index (χ2n) is 5.94. The van der Waals surface area contributed by atoms with Gasteiger partial charge < -0.3 is 10.3 Å². The number of aromatic amines is 1. The Hall–Kier alpha value is -2.15. The van der Waals surface area contributed by atoms with Crippen LogP contribution in [0.1, 0.15) is 28.9 Å². The number of fused-ring (bicyclic) bond motifs is 1. The molecule has 6 nitrogen and oxygen atoms in total. The first-order valence-electron chi connectivity index (χ1n) is 7.50. The van der Waals surface area contributed by atoms with E-state index in [0.717, 1.165) is 0 Å². The van der Waals surface area contributed by atoms with Crippen LogP contribution in [0.4, 0.5) is 0 Å². The number of H-pyrrole nitrogens is 1. The molecule has 1 aromatic heterocycles. The molecule has 2 N–H and O–H groups in total. The number of nitrogens with one attached hydrogen (secondary N) is 2. The molecule has 0 atom stereocenters. The molecule has 0 radical (unpaired) electrons. The van der Waals surface area contributed by atoms with Crippen molar-refractivity contribution < 1.29 is 13.2 Å². The summed E-state index contributed by atoms with van der Waals surface area (Å²) in [4.78, 5) is 27.6. The lowest BCUT2D eigenvalue weighted by atomic mass is 10.1. The summed E-state index contributed by atoms with van der Waals surface area (Å²) in [5.74, 6) is -0.0894. The Labute approximate surface area is 133 Å². The fourth-order valence-corrected chi connectivity index (χ4v) is 4.38. The molecule has 0 spiro atoms. The van der Waals surface area contributed by atoms with Crippen LogP contribution in [0.25, 0.3) is 10.9 Å². The van der Waals surface area contributed by atoms with E-state index in [0.29, 0.717) is 35.0 Å². The molecule has 0 saturated carbocycles. The van der Waals surface area contributed by atoms with Crippen molar-refractivity contribution in [3.8, 4) is 0 Å². The van der Waals surface area contributed by atoms with Crippen LogP contribution in [0.5, 0.6) is 0 Å². The highest BCUT2D eigenvalue weighted by molar-refractivity contribution is 7.91. The van der Waals surface area contributed by atoms with Crippen LogP contribution in [-0.4, -0.2) is 36.9 Å². The molecule has 1 aliphatic rings. The molecule has 23 heavy (non-hydrogen) atoms. The zero-order chi connectivity index (χ0) is 16.6. The van der Waals surface area contributed by atoms with Crippen molar-refractivity contribution in [1.29, 1.82) is 0 Å². The summed E-state index contributed by atoms with van der Waals surface area (Å²) in [6.07, 6.45) is 0.850. The molecular formula is C16H18N2O4S. The SMILES string of the molecule is Cc1cc(=O)c2cccc(C(=O)NC3CCS(=O)(=O)CC3)c2[nH]1. The second kappa shape index (κ2) is 5.81. The third kappa shape index (κ3) is 3.29. The molecule has 2 heterocycles. The van der Waals surface area contributed by atoms with Gasteiger partial charge in [0.05, 0.1) is 22.6 Å². The zero-order valence-corrected chi connectivity index (χ0v) is 13.6. The normalized spacial score (nSPS) is 18.0. The highest BCUT2D eigenvalue weighted by Gasteiger charge is 2.25. The number of aryl methyl sites for hydroxylation is 1. The molecule has 3 rings (SSSR count). The number of carbonyl (C=O) groups excluding carboxylic acids is 1. The molecule has 0 unspecified atom stereocenters. The van der Waals surface area contributed by atoms with Gasteiger partial charge >= 0.3 is 0 Å². The molecule has 0 bridgehead atoms. The van der Waals surface area contributed by atoms with Gasteiger partial charge in [-0.05, 0) is 31.9 Å². The Bertz CT molecular complexity index is 917. The summed E-state index contributed by atoms with van der Waals surface area (Å²) in [6, 6.07) is 6.35. The van der Waals surface area contributed by atoms with Gasteiger partial charge in [0.1, 0.15) is 9.84 Å². The van der Waals surface area contributed by atoms with Crippen LogP contribution in [0.2, 0.25) is 0 Å². The molecule has 1 fully saturated rings. The number of aromatic nitrogens is 1. The Morgan fingerprint density at radius 3 is 2.65 bits per heavy atom. The van der Waals surface area contributed by atoms with Gasteiger partial charge in [0.2, 0.25) is 0 Å². The highest BCUT2D eigenvalue weighted by atomic mass is 32.2. The van der Waals surface area contributed by atoms with Crippen LogP contribution in [0.3, 0.4) is 0 Å². The van der Waals surface area contributed by atoms with Crippen molar-refractivity contribution >= 4 is 26.6 Å². The Morgan fingerprint density at radius 2 is 1.96 bits per heavy atom. The van der Waals surface area contributed by atoms with Crippen LogP contribution in [-0.2, 0) is 9.84 Å². The van der Waals surface area contributed by atoms with E-state index in [1.807, 2.05) is 0 Å². The zero-order valence-electron chi connectivity index (χ0n) is 12.8. The van der Waals surface area contributed by atoms with Crippen molar-refractivity contribution in [3.05, 3.63) is 45.7 Å². The lowest BCUT2D eigenvalue weighted by Gasteiger charge is -2.23. The molecule has 1 amide bonds. The Morgan fingerprint density at radius 1 is 1.26 bits per heavy atom. The van der Waals surface area contributed by atoms with E-state index in [4.69, 9.17) is 0 Å². The van der Waals surface area contributed by atoms with Crippen LogP contribution in [0.15, 0.2) is 29.1 Å². The Balaban J connectivity index is 1.89. The number of hydrogen-bond donors (Lipinski definition) is 2. The second-order valence-corrected chi connectivity index (χ2v) is 8.25. The number of rotatable bonds is 2. The number of para-hydroxylation sites is 1. The number of carbonyl (C=O) groups is 1. The first-order valence-corrected chi connectivity index (χ1v) is 9.32. The minimum Gasteiger partial charge on any atom is -0.358 e. The minimum atomic E-state index is -2.96. The van der Waals surface area contributed by atoms with E-state index < -0.39 is 9.84 Å². The van der Waals surface area contributed by atoms with Gasteiger partial charge in [-0.3, -0.25) is 9.59 Å². The van der Waals surface area contributed by atoms with Gasteiger partial charge in [-0.1, -0.05) is 6.07 Å². The minimum absolute atomic E-state index is 0.101. The van der Waals surface area contributed by atoms with Gasteiger partial charge in [0.15, 0.2) is 5.43 Å². The third-order valence-electron chi connectivity index (χ3n) is 4.13. The van der Waals surface area contributed by atoms with Gasteiger partial charge in [0.25, 0.3) is 5.91 Å². The van der Waals surface area contributed by atoms with Gasteiger partial charge in [-0.15, -0.1) is 0 Å². The molecule has 1 aliphatic heterocycles. The van der Waals surface area contributed by atoms with E-state index in [2.05, 4.69) is 10.3 Å². The summed E-state index contributed by atoms with van der Waals surface area (Å²) in [6.45, 7) is 1.77. The first kappa shape index (κ1) is 15.7. The van der Waals surface area contributed by atoms with E-state index in [1.54, 1.807) is 25.1 Å². The fraction of sp³-hybridized carbons (Fsp3) is 0.375. The average Bonchev–Trinajstić information content (AvgIpc) is 2.48. The summed E-state index contributed by atoms with van der Waals surface area (Å²) < 4.78 is 22.9. The van der Waals surface area contributed by atoms with Crippen LogP contribution < -0.4 is 10.7 Å². The number of pyridine rings is 1. The van der Waals surface area contributed by atoms with Gasteiger partial charge in [-0.25, -0.2) is 8.42 Å². The predicted octanol–water partition coefficient (Wildman–Crippen LogP) is 1.14. The van der Waals surface area contributed by atoms with Crippen molar-refractivity contribution in [1.82, 2.24) is 10.3 Å². The fourth-order valence-electron chi connectivity index (χ4n) is 2.89. The highest BCUT2D eigenvalue weighted by Crippen LogP contribution is 2.17. The summed E-state index contributed by atoms with van der Waals surface area (Å²) in [5.41, 5.74) is 1.47. The number of hydrogen-bond acceptors (Lipinski definition) is 4. The van der Waals surface area contributed by atoms with E-state index in [9.17, 15) is 18.0 Å². The quantitative estimate of drug-likeness (QED) is 0.861. The molecule has 1 saturated heterocycles. The van der Waals surface area contributed by atoms with Gasteiger partial charge in [0, 0.05) is 23.2 Å². The summed E-state index contributed by atoms with van der Waals surface area (Å²) in [7, 11) is -2.96. The Kier molecular flexibility index (Phi) is 3.97. The predicted molar refractivity (Wildman–Crippen MR) is 88.4 cm³/mol. The van der Waals surface area contributed by atoms with E-state index in [1.165, 1.54) is 6.07 Å². The maximum atomic E-state index is 12.5. The average molecular weight is 334 g/mol. The standard InChI is InChI=1S/C16H18N2O4S/c1-10-9-14(19)12-3-2-4-13(15(12)17-10)16(20)18-11-5-7-23(21,22)8-6-11/h2-4,9,11H,5-8H2,1H3,(H,17,19)(H,18,20). The van der Waals surface area contributed by atoms with E-state index in [-0.39, 0.29) is 28.9 Å². The van der Waals surface area contributed by atoms with Crippen molar-refractivity contribution in [2.75, 3.05) is 11.5 Å². The maximum absolute atomic E-state index is 12.5. The van der Waals surface area contributed by atoms with Crippen molar-refractivity contribution in [3.63, 3.8) is 0 Å². The lowest BCUT2D eigenvalue weighted by Crippen LogP contribution is -2.41. The van der Waals surface area contributed by atoms with Gasteiger partial charge in [-0.2, -0.15) is 0 Å². The van der Waals surface area contributed by atoms with Crippen molar-refractivity contribution in [2.24, 2.45) is 0 Å². The molecular weight excluding hydrogens is 316 g/mol. The lowest BCUT2D eigenvalue weighted by molar-refractivity contribution is 0.0936. The largest absolute Gasteiger partial charge is 0.358 e. The molecule has 122 valence electrons. The van der Waals surface area contributed by atoms with Crippen LogP contribution >= 0.6 is 0 Å².